The average Bonchev–Trinajstić information content (AvgIpc) is 2.83. The smallest absolute Gasteiger partial charge is 0.171 e. The van der Waals surface area contributed by atoms with Crippen LogP contribution in [0.1, 0.15) is 11.1 Å². The number of amidine groups is 1. The fourth-order valence-corrected chi connectivity index (χ4v) is 2.21. The molecule has 0 bridgehead atoms. The number of rotatable bonds is 4. The maximum absolute atomic E-state index is 8.74. The van der Waals surface area contributed by atoms with Gasteiger partial charge in [0.1, 0.15) is 5.82 Å². The van der Waals surface area contributed by atoms with Gasteiger partial charge in [0.25, 0.3) is 0 Å². The van der Waals surface area contributed by atoms with Gasteiger partial charge in [-0.25, -0.2) is 4.98 Å². The largest absolute Gasteiger partial charge is 0.409 e. The van der Waals surface area contributed by atoms with E-state index in [4.69, 9.17) is 22.5 Å². The third kappa shape index (κ3) is 2.83. The van der Waals surface area contributed by atoms with Crippen molar-refractivity contribution in [1.29, 1.82) is 0 Å². The van der Waals surface area contributed by atoms with Gasteiger partial charge in [0.15, 0.2) is 5.84 Å². The number of aryl methyl sites for hydroxylation is 1. The van der Waals surface area contributed by atoms with Crippen molar-refractivity contribution < 1.29 is 5.21 Å². The molecule has 0 aromatic carbocycles. The van der Waals surface area contributed by atoms with Crippen LogP contribution in [0.15, 0.2) is 29.8 Å². The summed E-state index contributed by atoms with van der Waals surface area (Å²) in [6.07, 6.45) is 5.25. The van der Waals surface area contributed by atoms with Gasteiger partial charge in [0.05, 0.1) is 11.2 Å². The van der Waals surface area contributed by atoms with Gasteiger partial charge >= 0.3 is 0 Å². The van der Waals surface area contributed by atoms with Crippen LogP contribution >= 0.6 is 11.6 Å². The molecule has 8 heteroatoms. The molecule has 0 atom stereocenters. The highest BCUT2D eigenvalue weighted by Crippen LogP contribution is 2.26. The molecule has 0 aliphatic carbocycles. The van der Waals surface area contributed by atoms with Crippen LogP contribution in [0.5, 0.6) is 0 Å². The second-order valence-electron chi connectivity index (χ2n) is 4.36. The summed E-state index contributed by atoms with van der Waals surface area (Å²) in [7, 11) is 3.71. The Kier molecular flexibility index (Phi) is 4.09. The Morgan fingerprint density at radius 2 is 2.35 bits per heavy atom. The highest BCUT2D eigenvalue weighted by Gasteiger charge is 2.15. The van der Waals surface area contributed by atoms with E-state index in [2.05, 4.69) is 15.2 Å². The Balaban J connectivity index is 2.28. The van der Waals surface area contributed by atoms with Crippen LogP contribution in [-0.4, -0.2) is 32.9 Å². The van der Waals surface area contributed by atoms with Gasteiger partial charge in [-0.3, -0.25) is 4.68 Å². The van der Waals surface area contributed by atoms with Crippen LogP contribution in [0.2, 0.25) is 5.02 Å². The van der Waals surface area contributed by atoms with E-state index in [1.54, 1.807) is 23.1 Å². The second-order valence-corrected chi connectivity index (χ2v) is 4.74. The maximum atomic E-state index is 8.74. The zero-order valence-electron chi connectivity index (χ0n) is 11.2. The molecule has 0 saturated carbocycles. The summed E-state index contributed by atoms with van der Waals surface area (Å²) in [4.78, 5) is 6.10. The van der Waals surface area contributed by atoms with Crippen molar-refractivity contribution in [2.24, 2.45) is 17.9 Å². The van der Waals surface area contributed by atoms with Crippen molar-refractivity contribution in [3.8, 4) is 0 Å². The summed E-state index contributed by atoms with van der Waals surface area (Å²) < 4.78 is 1.73. The molecule has 2 aromatic rings. The maximum Gasteiger partial charge on any atom is 0.171 e. The minimum atomic E-state index is -0.0478. The van der Waals surface area contributed by atoms with Crippen LogP contribution in [0, 0.1) is 0 Å². The number of anilines is 1. The molecule has 0 radical (unpaired) electrons. The molecule has 0 amide bonds. The molecular weight excluding hydrogens is 280 g/mol. The molecule has 0 unspecified atom stereocenters. The zero-order valence-corrected chi connectivity index (χ0v) is 11.9. The molecule has 0 aliphatic rings. The molecule has 2 rings (SSSR count). The third-order valence-corrected chi connectivity index (χ3v) is 3.17. The van der Waals surface area contributed by atoms with Crippen molar-refractivity contribution in [1.82, 2.24) is 14.8 Å². The number of hydrogen-bond acceptors (Lipinski definition) is 5. The molecule has 2 aromatic heterocycles. The highest BCUT2D eigenvalue weighted by molar-refractivity contribution is 6.36. The Morgan fingerprint density at radius 1 is 1.60 bits per heavy atom. The SMILES string of the molecule is CN(Cc1cnn(C)c1)c1nccc(/C(N)=N/O)c1Cl. The topological polar surface area (TPSA) is 92.6 Å². The van der Waals surface area contributed by atoms with Gasteiger partial charge in [0, 0.05) is 44.2 Å². The fourth-order valence-electron chi connectivity index (χ4n) is 1.85. The number of oxime groups is 1. The molecule has 7 nitrogen and oxygen atoms in total. The quantitative estimate of drug-likeness (QED) is 0.382. The van der Waals surface area contributed by atoms with E-state index >= 15 is 0 Å². The molecule has 3 N–H and O–H groups in total. The van der Waals surface area contributed by atoms with Gasteiger partial charge in [-0.15, -0.1) is 0 Å². The lowest BCUT2D eigenvalue weighted by Crippen LogP contribution is -2.20. The molecule has 0 aliphatic heterocycles. The first-order valence-electron chi connectivity index (χ1n) is 5.84. The Bertz CT molecular complexity index is 639. The van der Waals surface area contributed by atoms with Crippen molar-refractivity contribution in [3.63, 3.8) is 0 Å². The average molecular weight is 295 g/mol. The zero-order chi connectivity index (χ0) is 14.7. The Morgan fingerprint density at radius 3 is 2.95 bits per heavy atom. The van der Waals surface area contributed by atoms with Crippen molar-refractivity contribution in [3.05, 3.63) is 40.8 Å². The first-order chi connectivity index (χ1) is 9.52. The summed E-state index contributed by atoms with van der Waals surface area (Å²) in [6, 6.07) is 1.60. The number of aromatic nitrogens is 3. The van der Waals surface area contributed by atoms with Gasteiger partial charge in [0.2, 0.25) is 0 Å². The van der Waals surface area contributed by atoms with E-state index in [0.29, 0.717) is 22.9 Å². The van der Waals surface area contributed by atoms with Crippen molar-refractivity contribution in [2.75, 3.05) is 11.9 Å². The number of nitrogens with zero attached hydrogens (tertiary/aromatic N) is 5. The predicted molar refractivity (Wildman–Crippen MR) is 77.1 cm³/mol. The highest BCUT2D eigenvalue weighted by atomic mass is 35.5. The van der Waals surface area contributed by atoms with E-state index in [1.165, 1.54) is 0 Å². The van der Waals surface area contributed by atoms with Crippen LogP contribution in [0.25, 0.3) is 0 Å². The van der Waals surface area contributed by atoms with Crippen LogP contribution in [0.4, 0.5) is 5.82 Å². The molecule has 0 fully saturated rings. The molecule has 20 heavy (non-hydrogen) atoms. The first-order valence-corrected chi connectivity index (χ1v) is 6.21. The van der Waals surface area contributed by atoms with Gasteiger partial charge in [-0.1, -0.05) is 16.8 Å². The second kappa shape index (κ2) is 5.79. The third-order valence-electron chi connectivity index (χ3n) is 2.79. The fraction of sp³-hybridized carbons (Fsp3) is 0.250. The number of nitrogens with two attached hydrogens (primary N) is 1. The van der Waals surface area contributed by atoms with Gasteiger partial charge in [-0.05, 0) is 6.07 Å². The van der Waals surface area contributed by atoms with Gasteiger partial charge in [-0.2, -0.15) is 5.10 Å². The molecule has 0 saturated heterocycles. The normalized spacial score (nSPS) is 11.7. The lowest BCUT2D eigenvalue weighted by atomic mass is 10.2. The van der Waals surface area contributed by atoms with E-state index in [0.717, 1.165) is 5.56 Å². The summed E-state index contributed by atoms with van der Waals surface area (Å²) in [5, 5.41) is 16.1. The van der Waals surface area contributed by atoms with Crippen molar-refractivity contribution in [2.45, 2.75) is 6.54 Å². The van der Waals surface area contributed by atoms with E-state index < -0.39 is 0 Å². The Hall–Kier alpha value is -2.28. The summed E-state index contributed by atoms with van der Waals surface area (Å²) in [5.41, 5.74) is 7.05. The van der Waals surface area contributed by atoms with Crippen molar-refractivity contribution >= 4 is 23.3 Å². The molecule has 0 spiro atoms. The van der Waals surface area contributed by atoms with E-state index in [-0.39, 0.29) is 5.84 Å². The minimum Gasteiger partial charge on any atom is -0.409 e. The first kappa shape index (κ1) is 14.1. The molecule has 2 heterocycles. The van der Waals surface area contributed by atoms with Crippen LogP contribution in [-0.2, 0) is 13.6 Å². The minimum absolute atomic E-state index is 0.0478. The Labute approximate surface area is 121 Å². The summed E-state index contributed by atoms with van der Waals surface area (Å²) in [5.74, 6) is 0.507. The van der Waals surface area contributed by atoms with E-state index in [9.17, 15) is 0 Å². The number of pyridine rings is 1. The standard InChI is InChI=1S/C12H15ClN6O/c1-18(6-8-5-16-19(2)7-8)12-10(13)9(3-4-15-12)11(14)17-20/h3-5,7,20H,6H2,1-2H3,(H2,14,17). The monoisotopic (exact) mass is 294 g/mol. The van der Waals surface area contributed by atoms with Gasteiger partial charge < -0.3 is 15.8 Å². The number of halogens is 1. The predicted octanol–water partition coefficient (Wildman–Crippen LogP) is 1.20. The lowest BCUT2D eigenvalue weighted by Gasteiger charge is -2.19. The lowest BCUT2D eigenvalue weighted by molar-refractivity contribution is 0.318. The number of hydrogen-bond donors (Lipinski definition) is 2. The van der Waals surface area contributed by atoms with E-state index in [1.807, 2.05) is 25.2 Å². The molecular formula is C12H15ClN6O. The van der Waals surface area contributed by atoms with Crippen LogP contribution < -0.4 is 10.6 Å². The summed E-state index contributed by atoms with van der Waals surface area (Å²) in [6.45, 7) is 0.597. The summed E-state index contributed by atoms with van der Waals surface area (Å²) >= 11 is 6.25. The van der Waals surface area contributed by atoms with Crippen LogP contribution in [0.3, 0.4) is 0 Å². The molecule has 106 valence electrons.